The minimum Gasteiger partial charge on any atom is -0.350 e. The molecular weight excluding hydrogens is 448 g/mol. The van der Waals surface area contributed by atoms with Crippen LogP contribution < -0.4 is 16.4 Å². The molecule has 1 unspecified atom stereocenters. The maximum Gasteiger partial charge on any atom is 0.251 e. The molecule has 36 heavy (non-hydrogen) atoms. The number of rotatable bonds is 9. The second-order valence-electron chi connectivity index (χ2n) is 10.1. The molecule has 6 rings (SSSR count). The van der Waals surface area contributed by atoms with Gasteiger partial charge in [-0.15, -0.1) is 0 Å². The number of fused-ring (bicyclic) bond motifs is 4. The Hall–Kier alpha value is -3.22. The van der Waals surface area contributed by atoms with Gasteiger partial charge in [-0.1, -0.05) is 67.6 Å². The Balaban J connectivity index is 1.34. The van der Waals surface area contributed by atoms with Crippen molar-refractivity contribution < 1.29 is 9.59 Å². The summed E-state index contributed by atoms with van der Waals surface area (Å²) in [5.74, 6) is 0.341. The molecule has 3 aliphatic rings. The Bertz CT molecular complexity index is 1230. The molecule has 3 fully saturated rings. The van der Waals surface area contributed by atoms with Crippen LogP contribution >= 0.6 is 0 Å². The number of amides is 2. The molecule has 3 aliphatic heterocycles. The highest BCUT2D eigenvalue weighted by Crippen LogP contribution is 2.46. The average molecular weight is 485 g/mol. The van der Waals surface area contributed by atoms with Crippen LogP contribution in [0.2, 0.25) is 0 Å². The molecule has 4 atom stereocenters. The molecule has 0 aromatic heterocycles. The van der Waals surface area contributed by atoms with Crippen molar-refractivity contribution in [3.8, 4) is 0 Å². The molecule has 0 saturated carbocycles. The average Bonchev–Trinajstić information content (AvgIpc) is 3.18. The van der Waals surface area contributed by atoms with E-state index in [4.69, 9.17) is 5.73 Å². The van der Waals surface area contributed by atoms with E-state index in [0.29, 0.717) is 31.6 Å². The molecule has 3 aromatic rings. The van der Waals surface area contributed by atoms with Crippen LogP contribution in [-0.2, 0) is 4.79 Å². The molecule has 3 heterocycles. The molecule has 0 aliphatic carbocycles. The second kappa shape index (κ2) is 10.4. The van der Waals surface area contributed by atoms with Gasteiger partial charge >= 0.3 is 0 Å². The molecule has 2 bridgehead atoms. The van der Waals surface area contributed by atoms with E-state index in [-0.39, 0.29) is 29.8 Å². The Morgan fingerprint density at radius 1 is 1.11 bits per heavy atom. The molecule has 3 aromatic carbocycles. The van der Waals surface area contributed by atoms with Gasteiger partial charge in [0.1, 0.15) is 5.54 Å². The highest BCUT2D eigenvalue weighted by Gasteiger charge is 2.63. The van der Waals surface area contributed by atoms with Crippen LogP contribution in [0.5, 0.6) is 0 Å². The summed E-state index contributed by atoms with van der Waals surface area (Å²) in [6, 6.07) is 24.4. The van der Waals surface area contributed by atoms with Crippen LogP contribution in [0.25, 0.3) is 10.8 Å². The van der Waals surface area contributed by atoms with Gasteiger partial charge in [-0.3, -0.25) is 14.9 Å². The third-order valence-electron chi connectivity index (χ3n) is 8.01. The first kappa shape index (κ1) is 24.5. The number of benzene rings is 3. The summed E-state index contributed by atoms with van der Waals surface area (Å²) in [6.07, 6.45) is 3.25. The van der Waals surface area contributed by atoms with Crippen LogP contribution in [0.4, 0.5) is 0 Å². The smallest absolute Gasteiger partial charge is 0.251 e. The van der Waals surface area contributed by atoms with Crippen LogP contribution in [0.3, 0.4) is 0 Å². The number of nitrogens with one attached hydrogen (secondary N) is 2. The molecule has 4 N–H and O–H groups in total. The van der Waals surface area contributed by atoms with E-state index in [1.807, 2.05) is 48.5 Å². The van der Waals surface area contributed by atoms with Gasteiger partial charge in [0, 0.05) is 30.6 Å². The molecule has 188 valence electrons. The van der Waals surface area contributed by atoms with E-state index >= 15 is 0 Å². The van der Waals surface area contributed by atoms with Crippen molar-refractivity contribution in [2.45, 2.75) is 56.1 Å². The highest BCUT2D eigenvalue weighted by atomic mass is 16.2. The molecule has 0 spiro atoms. The largest absolute Gasteiger partial charge is 0.350 e. The van der Waals surface area contributed by atoms with E-state index in [0.717, 1.165) is 30.0 Å². The summed E-state index contributed by atoms with van der Waals surface area (Å²) in [5, 5.41) is 9.04. The van der Waals surface area contributed by atoms with Gasteiger partial charge in [0.15, 0.2) is 0 Å². The first-order chi connectivity index (χ1) is 17.6. The fraction of sp³-hybridized carbons (Fsp3) is 0.400. The molecule has 2 amide bonds. The number of hydrogen-bond acceptors (Lipinski definition) is 4. The van der Waals surface area contributed by atoms with Crippen LogP contribution in [0.1, 0.15) is 54.4 Å². The minimum absolute atomic E-state index is 0.0133. The van der Waals surface area contributed by atoms with Gasteiger partial charge in [0.25, 0.3) is 5.91 Å². The fourth-order valence-electron chi connectivity index (χ4n) is 6.24. The first-order valence-corrected chi connectivity index (χ1v) is 13.2. The fourth-order valence-corrected chi connectivity index (χ4v) is 6.24. The number of hydrogen-bond donors (Lipinski definition) is 3. The quantitative estimate of drug-likeness (QED) is 0.403. The Kier molecular flexibility index (Phi) is 7.08. The number of nitrogens with two attached hydrogens (primary N) is 1. The summed E-state index contributed by atoms with van der Waals surface area (Å²) < 4.78 is 0. The van der Waals surface area contributed by atoms with Gasteiger partial charge < -0.3 is 16.0 Å². The van der Waals surface area contributed by atoms with Crippen LogP contribution in [0.15, 0.2) is 72.8 Å². The van der Waals surface area contributed by atoms with Crippen molar-refractivity contribution in [1.82, 2.24) is 15.5 Å². The van der Waals surface area contributed by atoms with E-state index in [1.165, 1.54) is 5.56 Å². The van der Waals surface area contributed by atoms with Crippen LogP contribution in [0, 0.1) is 0 Å². The summed E-state index contributed by atoms with van der Waals surface area (Å²) in [4.78, 5) is 28.6. The van der Waals surface area contributed by atoms with E-state index in [9.17, 15) is 9.59 Å². The van der Waals surface area contributed by atoms with Gasteiger partial charge in [-0.05, 0) is 60.7 Å². The molecule has 6 nitrogen and oxygen atoms in total. The summed E-state index contributed by atoms with van der Waals surface area (Å²) in [6.45, 7) is 3.92. The first-order valence-electron chi connectivity index (χ1n) is 13.2. The zero-order chi connectivity index (χ0) is 25.1. The topological polar surface area (TPSA) is 87.5 Å². The Labute approximate surface area is 213 Å². The van der Waals surface area contributed by atoms with Crippen molar-refractivity contribution in [2.24, 2.45) is 5.73 Å². The minimum atomic E-state index is -0.634. The van der Waals surface area contributed by atoms with Crippen LogP contribution in [-0.4, -0.2) is 54.0 Å². The number of carbonyl (C=O) groups is 2. The molecule has 3 saturated heterocycles. The predicted molar refractivity (Wildman–Crippen MR) is 144 cm³/mol. The highest BCUT2D eigenvalue weighted by molar-refractivity contribution is 5.98. The molecule has 6 heteroatoms. The van der Waals surface area contributed by atoms with E-state index in [1.54, 1.807) is 0 Å². The zero-order valence-corrected chi connectivity index (χ0v) is 21.0. The molecular formula is C30H36N4O2. The lowest BCUT2D eigenvalue weighted by Gasteiger charge is -2.58. The lowest BCUT2D eigenvalue weighted by Crippen LogP contribution is -2.80. The van der Waals surface area contributed by atoms with E-state index < -0.39 is 5.54 Å². The summed E-state index contributed by atoms with van der Waals surface area (Å²) in [7, 11) is 0. The van der Waals surface area contributed by atoms with Crippen molar-refractivity contribution in [3.05, 3.63) is 83.9 Å². The zero-order valence-electron chi connectivity index (χ0n) is 21.0. The standard InChI is InChI=1S/C30H36N4O2/c1-2-26(22-10-4-3-5-11-22)27-30(16-8-17-31)29(36)34(27)18-15-25(33-30)20-32-28(35)24-14-13-21-9-6-7-12-23(21)19-24/h3-7,9-14,19,25-27,33H,2,8,15-18,20,31H2,1H3,(H,32,35)/t25-,26+,27?,30-/m0/s1. The van der Waals surface area contributed by atoms with Crippen molar-refractivity contribution >= 4 is 22.6 Å². The third-order valence-corrected chi connectivity index (χ3v) is 8.01. The Morgan fingerprint density at radius 3 is 2.61 bits per heavy atom. The lowest BCUT2D eigenvalue weighted by molar-refractivity contribution is -0.164. The predicted octanol–water partition coefficient (Wildman–Crippen LogP) is 3.81. The van der Waals surface area contributed by atoms with Crippen molar-refractivity contribution in [2.75, 3.05) is 19.6 Å². The Morgan fingerprint density at radius 2 is 1.86 bits per heavy atom. The lowest BCUT2D eigenvalue weighted by atomic mass is 9.67. The number of nitrogens with zero attached hydrogens (tertiary/aromatic N) is 1. The van der Waals surface area contributed by atoms with Gasteiger partial charge in [-0.25, -0.2) is 0 Å². The van der Waals surface area contributed by atoms with Gasteiger partial charge in [-0.2, -0.15) is 0 Å². The maximum absolute atomic E-state index is 13.5. The van der Waals surface area contributed by atoms with Crippen molar-refractivity contribution in [3.63, 3.8) is 0 Å². The second-order valence-corrected chi connectivity index (χ2v) is 10.1. The van der Waals surface area contributed by atoms with E-state index in [2.05, 4.69) is 46.7 Å². The monoisotopic (exact) mass is 484 g/mol. The summed E-state index contributed by atoms with van der Waals surface area (Å²) >= 11 is 0. The normalized spacial score (nSPS) is 24.2. The third kappa shape index (κ3) is 4.40. The van der Waals surface area contributed by atoms with Gasteiger partial charge in [0.05, 0.1) is 6.04 Å². The maximum atomic E-state index is 13.5. The number of β-lactam (4-membered cyclic amide) rings is 1. The van der Waals surface area contributed by atoms with Crippen molar-refractivity contribution in [1.29, 1.82) is 0 Å². The SMILES string of the molecule is CC[C@H](c1ccccc1)C1N2CC[C@@H](CNC(=O)c3ccc4ccccc4c3)N[C@]1(CCCN)C2=O. The molecule has 0 radical (unpaired) electrons. The van der Waals surface area contributed by atoms with Gasteiger partial charge in [0.2, 0.25) is 5.91 Å². The summed E-state index contributed by atoms with van der Waals surface area (Å²) in [5.41, 5.74) is 7.18. The number of carbonyl (C=O) groups excluding carboxylic acids is 2.